The number of fused-ring (bicyclic) bond motifs is 1. The number of pyridine rings is 1. The summed E-state index contributed by atoms with van der Waals surface area (Å²) in [4.78, 5) is 25.6. The highest BCUT2D eigenvalue weighted by molar-refractivity contribution is 6.02. The zero-order valence-corrected chi connectivity index (χ0v) is 13.5. The van der Waals surface area contributed by atoms with Crippen molar-refractivity contribution in [3.05, 3.63) is 74.0 Å². The summed E-state index contributed by atoms with van der Waals surface area (Å²) in [5, 5.41) is 26.0. The van der Waals surface area contributed by atoms with Gasteiger partial charge < -0.3 is 5.32 Å². The average molecular weight is 338 g/mol. The van der Waals surface area contributed by atoms with Crippen molar-refractivity contribution in [1.29, 1.82) is 0 Å². The minimum Gasteiger partial charge on any atom is -0.348 e. The summed E-state index contributed by atoms with van der Waals surface area (Å²) in [6.45, 7) is 3.89. The summed E-state index contributed by atoms with van der Waals surface area (Å²) in [7, 11) is 0. The van der Waals surface area contributed by atoms with Crippen LogP contribution in [0.3, 0.4) is 0 Å². The van der Waals surface area contributed by atoms with Crippen molar-refractivity contribution in [2.45, 2.75) is 13.8 Å². The monoisotopic (exact) mass is 338 g/mol. The van der Waals surface area contributed by atoms with Crippen molar-refractivity contribution in [2.75, 3.05) is 5.32 Å². The average Bonchev–Trinajstić information content (AvgIpc) is 2.57. The molecule has 1 heterocycles. The molecule has 126 valence electrons. The predicted molar refractivity (Wildman–Crippen MR) is 94.3 cm³/mol. The lowest BCUT2D eigenvalue weighted by Gasteiger charge is -2.11. The number of hydrogen-bond acceptors (Lipinski definition) is 6. The van der Waals surface area contributed by atoms with Gasteiger partial charge in [0.2, 0.25) is 0 Å². The van der Waals surface area contributed by atoms with Crippen LogP contribution in [-0.2, 0) is 0 Å². The van der Waals surface area contributed by atoms with Crippen LogP contribution in [0.15, 0.2) is 42.6 Å². The van der Waals surface area contributed by atoms with Crippen LogP contribution in [0.4, 0.5) is 22.7 Å². The molecule has 0 radical (unpaired) electrons. The number of non-ortho nitro benzene ring substituents is 1. The van der Waals surface area contributed by atoms with Gasteiger partial charge in [-0.2, -0.15) is 0 Å². The van der Waals surface area contributed by atoms with Crippen molar-refractivity contribution in [3.63, 3.8) is 0 Å². The number of rotatable bonds is 4. The van der Waals surface area contributed by atoms with Crippen LogP contribution in [0.1, 0.15) is 11.1 Å². The zero-order chi connectivity index (χ0) is 18.1. The molecule has 0 bridgehead atoms. The molecule has 0 aliphatic carbocycles. The third-order valence-corrected chi connectivity index (χ3v) is 4.02. The number of aryl methyl sites for hydroxylation is 2. The molecule has 3 aromatic rings. The van der Waals surface area contributed by atoms with E-state index in [2.05, 4.69) is 10.3 Å². The van der Waals surface area contributed by atoms with Crippen LogP contribution in [0.2, 0.25) is 0 Å². The molecule has 8 nitrogen and oxygen atoms in total. The number of nitrogens with zero attached hydrogens (tertiary/aromatic N) is 3. The zero-order valence-electron chi connectivity index (χ0n) is 13.5. The van der Waals surface area contributed by atoms with Gasteiger partial charge in [-0.05, 0) is 49.2 Å². The number of hydrogen-bond donors (Lipinski definition) is 1. The van der Waals surface area contributed by atoms with Crippen molar-refractivity contribution in [1.82, 2.24) is 4.98 Å². The van der Waals surface area contributed by atoms with E-state index in [1.807, 2.05) is 26.0 Å². The van der Waals surface area contributed by atoms with Crippen molar-refractivity contribution in [2.24, 2.45) is 0 Å². The lowest BCUT2D eigenvalue weighted by molar-refractivity contribution is -0.392. The predicted octanol–water partition coefficient (Wildman–Crippen LogP) is 4.41. The summed E-state index contributed by atoms with van der Waals surface area (Å²) in [6, 6.07) is 9.59. The maximum absolute atomic E-state index is 11.5. The molecule has 0 fully saturated rings. The van der Waals surface area contributed by atoms with E-state index < -0.39 is 15.5 Å². The number of anilines is 2. The Bertz CT molecular complexity index is 1020. The van der Waals surface area contributed by atoms with E-state index in [1.165, 1.54) is 12.3 Å². The Morgan fingerprint density at radius 3 is 2.32 bits per heavy atom. The Labute approximate surface area is 142 Å². The standard InChI is InChI=1S/C17H14N4O4/c1-10-5-6-12(8-11(10)2)19-17-15(21(24)25)9-14(20(22)23)13-4-3-7-18-16(13)17/h3-9,19H,1-2H3. The van der Waals surface area contributed by atoms with Crippen molar-refractivity contribution < 1.29 is 9.85 Å². The van der Waals surface area contributed by atoms with Gasteiger partial charge in [0.15, 0.2) is 0 Å². The fraction of sp³-hybridized carbons (Fsp3) is 0.118. The third-order valence-electron chi connectivity index (χ3n) is 4.02. The third kappa shape index (κ3) is 2.97. The molecule has 1 aromatic heterocycles. The SMILES string of the molecule is Cc1ccc(Nc2c([N+](=O)[O-])cc([N+](=O)[O-])c3cccnc23)cc1C. The second kappa shape index (κ2) is 6.16. The van der Waals surface area contributed by atoms with E-state index in [-0.39, 0.29) is 22.3 Å². The molecule has 0 aliphatic rings. The molecule has 0 saturated heterocycles. The molecule has 0 amide bonds. The van der Waals surface area contributed by atoms with Gasteiger partial charge in [-0.25, -0.2) is 0 Å². The van der Waals surface area contributed by atoms with Gasteiger partial charge in [-0.3, -0.25) is 25.2 Å². The molecule has 8 heteroatoms. The van der Waals surface area contributed by atoms with E-state index in [4.69, 9.17) is 0 Å². The minimum absolute atomic E-state index is 0.134. The molecular weight excluding hydrogens is 324 g/mol. The van der Waals surface area contributed by atoms with Gasteiger partial charge in [-0.1, -0.05) is 6.07 Å². The Morgan fingerprint density at radius 1 is 0.960 bits per heavy atom. The fourth-order valence-electron chi connectivity index (χ4n) is 2.59. The van der Waals surface area contributed by atoms with Crippen LogP contribution in [-0.4, -0.2) is 14.8 Å². The largest absolute Gasteiger partial charge is 0.348 e. The van der Waals surface area contributed by atoms with Gasteiger partial charge in [0.25, 0.3) is 5.69 Å². The molecular formula is C17H14N4O4. The van der Waals surface area contributed by atoms with E-state index in [9.17, 15) is 20.2 Å². The summed E-state index contributed by atoms with van der Waals surface area (Å²) < 4.78 is 0. The Hall–Kier alpha value is -3.55. The van der Waals surface area contributed by atoms with Gasteiger partial charge in [0.1, 0.15) is 11.2 Å². The highest BCUT2D eigenvalue weighted by atomic mass is 16.6. The number of nitro groups is 2. The molecule has 25 heavy (non-hydrogen) atoms. The summed E-state index contributed by atoms with van der Waals surface area (Å²) in [6.07, 6.45) is 1.45. The number of nitrogens with one attached hydrogen (secondary N) is 1. The van der Waals surface area contributed by atoms with E-state index in [0.29, 0.717) is 5.69 Å². The molecule has 0 atom stereocenters. The Balaban J connectivity index is 2.27. The van der Waals surface area contributed by atoms with Crippen molar-refractivity contribution >= 4 is 33.7 Å². The van der Waals surface area contributed by atoms with Crippen LogP contribution in [0, 0.1) is 34.1 Å². The van der Waals surface area contributed by atoms with Gasteiger partial charge >= 0.3 is 5.69 Å². The van der Waals surface area contributed by atoms with Crippen LogP contribution < -0.4 is 5.32 Å². The second-order valence-electron chi connectivity index (χ2n) is 5.63. The quantitative estimate of drug-likeness (QED) is 0.557. The van der Waals surface area contributed by atoms with Gasteiger partial charge in [0, 0.05) is 11.9 Å². The minimum atomic E-state index is -0.648. The molecule has 1 N–H and O–H groups in total. The van der Waals surface area contributed by atoms with Crippen LogP contribution in [0.25, 0.3) is 10.9 Å². The number of nitro benzene ring substituents is 2. The molecule has 3 rings (SSSR count). The lowest BCUT2D eigenvalue weighted by Crippen LogP contribution is -2.02. The van der Waals surface area contributed by atoms with Gasteiger partial charge in [0.05, 0.1) is 21.3 Å². The van der Waals surface area contributed by atoms with Crippen LogP contribution >= 0.6 is 0 Å². The smallest absolute Gasteiger partial charge is 0.301 e. The van der Waals surface area contributed by atoms with E-state index in [0.717, 1.165) is 17.2 Å². The molecule has 0 saturated carbocycles. The normalized spacial score (nSPS) is 10.6. The topological polar surface area (TPSA) is 111 Å². The maximum Gasteiger partial charge on any atom is 0.301 e. The fourth-order valence-corrected chi connectivity index (χ4v) is 2.59. The Morgan fingerprint density at radius 2 is 1.68 bits per heavy atom. The molecule has 0 unspecified atom stereocenters. The molecule has 0 spiro atoms. The first-order valence-electron chi connectivity index (χ1n) is 7.43. The first kappa shape index (κ1) is 16.3. The lowest BCUT2D eigenvalue weighted by atomic mass is 10.1. The highest BCUT2D eigenvalue weighted by Gasteiger charge is 2.26. The molecule has 0 aliphatic heterocycles. The van der Waals surface area contributed by atoms with Crippen LogP contribution in [0.5, 0.6) is 0 Å². The second-order valence-corrected chi connectivity index (χ2v) is 5.63. The Kier molecular flexibility index (Phi) is 4.02. The van der Waals surface area contributed by atoms with Crippen molar-refractivity contribution in [3.8, 4) is 0 Å². The highest BCUT2D eigenvalue weighted by Crippen LogP contribution is 2.39. The summed E-state index contributed by atoms with van der Waals surface area (Å²) in [5.41, 5.74) is 2.33. The number of benzene rings is 2. The first-order chi connectivity index (χ1) is 11.9. The summed E-state index contributed by atoms with van der Waals surface area (Å²) in [5.74, 6) is 0. The number of aromatic nitrogens is 1. The summed E-state index contributed by atoms with van der Waals surface area (Å²) >= 11 is 0. The first-order valence-corrected chi connectivity index (χ1v) is 7.43. The van der Waals surface area contributed by atoms with E-state index in [1.54, 1.807) is 12.1 Å². The van der Waals surface area contributed by atoms with E-state index >= 15 is 0 Å². The van der Waals surface area contributed by atoms with Gasteiger partial charge in [-0.15, -0.1) is 0 Å². The molecule has 2 aromatic carbocycles. The maximum atomic E-state index is 11.5.